The van der Waals surface area contributed by atoms with Crippen molar-refractivity contribution in [2.75, 3.05) is 39.1 Å². The molecular formula is C25H36N6O. The standard InChI is InChI=1S/C25H36N6O/c1-26-25(28-20-13-14-31(17-20)24(32)18-9-5-4-6-10-18)27-16-19-15-23(30(2)3)29-22-12-8-7-11-21(19)22/h7-8,11-12,15,18,20H,4-6,9-10,13-14,16-17H2,1-3H3,(H2,26,27,28). The summed E-state index contributed by atoms with van der Waals surface area (Å²) in [5.41, 5.74) is 2.17. The second-order valence-electron chi connectivity index (χ2n) is 9.23. The van der Waals surface area contributed by atoms with E-state index in [9.17, 15) is 4.79 Å². The number of aliphatic imine (C=N–C) groups is 1. The minimum atomic E-state index is 0.236. The lowest BCUT2D eigenvalue weighted by atomic mass is 9.88. The molecule has 172 valence electrons. The number of benzene rings is 1. The molecule has 32 heavy (non-hydrogen) atoms. The van der Waals surface area contributed by atoms with Crippen LogP contribution in [0.3, 0.4) is 0 Å². The maximum absolute atomic E-state index is 12.9. The number of carbonyl (C=O) groups excluding carboxylic acids is 1. The van der Waals surface area contributed by atoms with Crippen molar-refractivity contribution in [1.82, 2.24) is 20.5 Å². The van der Waals surface area contributed by atoms with Gasteiger partial charge in [-0.25, -0.2) is 4.98 Å². The molecule has 2 fully saturated rings. The number of hydrogen-bond acceptors (Lipinski definition) is 4. The highest BCUT2D eigenvalue weighted by molar-refractivity contribution is 5.85. The molecular weight excluding hydrogens is 400 g/mol. The molecule has 4 rings (SSSR count). The number of para-hydroxylation sites is 1. The highest BCUT2D eigenvalue weighted by atomic mass is 16.2. The molecule has 1 saturated heterocycles. The van der Waals surface area contributed by atoms with Gasteiger partial charge in [-0.3, -0.25) is 9.79 Å². The molecule has 1 aromatic carbocycles. The molecule has 0 radical (unpaired) electrons. The number of rotatable bonds is 5. The van der Waals surface area contributed by atoms with Crippen molar-refractivity contribution in [3.05, 3.63) is 35.9 Å². The van der Waals surface area contributed by atoms with E-state index in [1.807, 2.05) is 31.1 Å². The number of nitrogens with one attached hydrogen (secondary N) is 2. The predicted molar refractivity (Wildman–Crippen MR) is 131 cm³/mol. The maximum atomic E-state index is 12.9. The molecule has 1 atom stereocenters. The molecule has 0 bridgehead atoms. The molecule has 2 N–H and O–H groups in total. The van der Waals surface area contributed by atoms with E-state index in [4.69, 9.17) is 4.98 Å². The molecule has 2 aromatic rings. The Labute approximate surface area is 191 Å². The first-order valence-electron chi connectivity index (χ1n) is 11.9. The first-order chi connectivity index (χ1) is 15.5. The second kappa shape index (κ2) is 10.2. The van der Waals surface area contributed by atoms with Gasteiger partial charge in [-0.05, 0) is 37.0 Å². The van der Waals surface area contributed by atoms with Gasteiger partial charge >= 0.3 is 0 Å². The van der Waals surface area contributed by atoms with Crippen molar-refractivity contribution in [2.45, 2.75) is 51.1 Å². The molecule has 7 nitrogen and oxygen atoms in total. The zero-order valence-electron chi connectivity index (χ0n) is 19.6. The van der Waals surface area contributed by atoms with E-state index in [1.165, 1.54) is 24.8 Å². The maximum Gasteiger partial charge on any atom is 0.225 e. The van der Waals surface area contributed by atoms with E-state index >= 15 is 0 Å². The summed E-state index contributed by atoms with van der Waals surface area (Å²) in [6, 6.07) is 10.6. The van der Waals surface area contributed by atoms with Crippen LogP contribution in [0.5, 0.6) is 0 Å². The fourth-order valence-electron chi connectivity index (χ4n) is 4.86. The zero-order chi connectivity index (χ0) is 22.5. The highest BCUT2D eigenvalue weighted by Crippen LogP contribution is 2.27. The number of aromatic nitrogens is 1. The third kappa shape index (κ3) is 5.14. The van der Waals surface area contributed by atoms with Crippen LogP contribution in [-0.2, 0) is 11.3 Å². The Morgan fingerprint density at radius 2 is 1.97 bits per heavy atom. The number of nitrogens with zero attached hydrogens (tertiary/aromatic N) is 4. The molecule has 2 heterocycles. The van der Waals surface area contributed by atoms with Crippen LogP contribution in [0.1, 0.15) is 44.1 Å². The second-order valence-corrected chi connectivity index (χ2v) is 9.23. The van der Waals surface area contributed by atoms with Gasteiger partial charge in [0.15, 0.2) is 5.96 Å². The first kappa shape index (κ1) is 22.4. The Bertz CT molecular complexity index is 966. The van der Waals surface area contributed by atoms with Gasteiger partial charge in [0.1, 0.15) is 5.82 Å². The van der Waals surface area contributed by atoms with Crippen LogP contribution in [0.2, 0.25) is 0 Å². The lowest BCUT2D eigenvalue weighted by molar-refractivity contribution is -0.135. The minimum absolute atomic E-state index is 0.236. The Balaban J connectivity index is 1.36. The number of carbonyl (C=O) groups is 1. The number of amides is 1. The monoisotopic (exact) mass is 436 g/mol. The van der Waals surface area contributed by atoms with Gasteiger partial charge in [0.2, 0.25) is 5.91 Å². The van der Waals surface area contributed by atoms with E-state index < -0.39 is 0 Å². The fourth-order valence-corrected chi connectivity index (χ4v) is 4.86. The molecule has 1 unspecified atom stereocenters. The van der Waals surface area contributed by atoms with Crippen molar-refractivity contribution in [1.29, 1.82) is 0 Å². The van der Waals surface area contributed by atoms with Crippen LogP contribution in [-0.4, -0.2) is 62.0 Å². The summed E-state index contributed by atoms with van der Waals surface area (Å²) < 4.78 is 0. The number of guanidine groups is 1. The molecule has 1 aliphatic heterocycles. The van der Waals surface area contributed by atoms with Gasteiger partial charge in [-0.2, -0.15) is 0 Å². The quantitative estimate of drug-likeness (QED) is 0.557. The fraction of sp³-hybridized carbons (Fsp3) is 0.560. The third-order valence-corrected chi connectivity index (χ3v) is 6.71. The molecule has 1 saturated carbocycles. The Morgan fingerprint density at radius 3 is 2.72 bits per heavy atom. The summed E-state index contributed by atoms with van der Waals surface area (Å²) in [4.78, 5) is 26.1. The molecule has 2 aliphatic rings. The summed E-state index contributed by atoms with van der Waals surface area (Å²) in [6.45, 7) is 2.26. The van der Waals surface area contributed by atoms with Crippen LogP contribution in [0.4, 0.5) is 5.82 Å². The van der Waals surface area contributed by atoms with Gasteiger partial charge < -0.3 is 20.4 Å². The van der Waals surface area contributed by atoms with Gasteiger partial charge in [0, 0.05) is 58.1 Å². The zero-order valence-corrected chi connectivity index (χ0v) is 19.6. The van der Waals surface area contributed by atoms with Crippen LogP contribution < -0.4 is 15.5 Å². The van der Waals surface area contributed by atoms with E-state index in [1.54, 1.807) is 7.05 Å². The summed E-state index contributed by atoms with van der Waals surface area (Å²) in [7, 11) is 5.82. The van der Waals surface area contributed by atoms with Crippen LogP contribution in [0, 0.1) is 5.92 Å². The van der Waals surface area contributed by atoms with Gasteiger partial charge in [-0.1, -0.05) is 37.5 Å². The molecule has 7 heteroatoms. The lowest BCUT2D eigenvalue weighted by Crippen LogP contribution is -2.45. The first-order valence-corrected chi connectivity index (χ1v) is 11.9. The number of likely N-dealkylation sites (tertiary alicyclic amines) is 1. The Kier molecular flexibility index (Phi) is 7.12. The van der Waals surface area contributed by atoms with Crippen molar-refractivity contribution < 1.29 is 4.79 Å². The smallest absolute Gasteiger partial charge is 0.225 e. The number of fused-ring (bicyclic) bond motifs is 1. The van der Waals surface area contributed by atoms with Crippen LogP contribution >= 0.6 is 0 Å². The van der Waals surface area contributed by atoms with Crippen molar-refractivity contribution in [3.63, 3.8) is 0 Å². The molecule has 1 amide bonds. The van der Waals surface area contributed by atoms with Crippen LogP contribution in [0.15, 0.2) is 35.3 Å². The van der Waals surface area contributed by atoms with Gasteiger partial charge in [0.05, 0.1) is 5.52 Å². The summed E-state index contributed by atoms with van der Waals surface area (Å²) in [5.74, 6) is 2.31. The molecule has 0 spiro atoms. The van der Waals surface area contributed by atoms with Gasteiger partial charge in [-0.15, -0.1) is 0 Å². The summed E-state index contributed by atoms with van der Waals surface area (Å²) in [6.07, 6.45) is 6.75. The topological polar surface area (TPSA) is 72.9 Å². The normalized spacial score (nSPS) is 19.9. The van der Waals surface area contributed by atoms with Gasteiger partial charge in [0.25, 0.3) is 0 Å². The Morgan fingerprint density at radius 1 is 1.19 bits per heavy atom. The summed E-state index contributed by atoms with van der Waals surface area (Å²) >= 11 is 0. The van der Waals surface area contributed by atoms with E-state index in [0.717, 1.165) is 55.0 Å². The summed E-state index contributed by atoms with van der Waals surface area (Å²) in [5, 5.41) is 8.14. The highest BCUT2D eigenvalue weighted by Gasteiger charge is 2.31. The average molecular weight is 437 g/mol. The lowest BCUT2D eigenvalue weighted by Gasteiger charge is -2.26. The van der Waals surface area contributed by atoms with E-state index in [2.05, 4.69) is 38.7 Å². The van der Waals surface area contributed by atoms with E-state index in [-0.39, 0.29) is 12.0 Å². The third-order valence-electron chi connectivity index (χ3n) is 6.71. The number of anilines is 1. The van der Waals surface area contributed by atoms with Crippen molar-refractivity contribution >= 4 is 28.6 Å². The largest absolute Gasteiger partial charge is 0.363 e. The number of hydrogen-bond donors (Lipinski definition) is 2. The van der Waals surface area contributed by atoms with E-state index in [0.29, 0.717) is 12.5 Å². The van der Waals surface area contributed by atoms with Crippen molar-refractivity contribution in [2.24, 2.45) is 10.9 Å². The molecule has 1 aliphatic carbocycles. The molecule has 1 aromatic heterocycles. The number of pyridine rings is 1. The SMILES string of the molecule is CN=C(NCc1cc(N(C)C)nc2ccccc12)NC1CCN(C(=O)C2CCCCC2)C1. The van der Waals surface area contributed by atoms with Crippen molar-refractivity contribution in [3.8, 4) is 0 Å². The minimum Gasteiger partial charge on any atom is -0.363 e. The van der Waals surface area contributed by atoms with Crippen LogP contribution in [0.25, 0.3) is 10.9 Å². The Hall–Kier alpha value is -2.83. The average Bonchev–Trinajstić information content (AvgIpc) is 3.29. The predicted octanol–water partition coefficient (Wildman–Crippen LogP) is 3.15.